The standard InChI is InChI=1S/C9H10Cl2O4S/c1-4(2)7-5(10)3-6(16(13,14)15)9(12)8(7)11/h3-4,12H,1-2H3,(H,13,14,15). The van der Waals surface area contributed by atoms with E-state index in [-0.39, 0.29) is 16.0 Å². The molecule has 0 fully saturated rings. The second-order valence-corrected chi connectivity index (χ2v) is 5.74. The lowest BCUT2D eigenvalue weighted by molar-refractivity contribution is 0.442. The zero-order chi connectivity index (χ0) is 12.7. The van der Waals surface area contributed by atoms with Gasteiger partial charge in [-0.1, -0.05) is 37.0 Å². The average Bonchev–Trinajstić information content (AvgIpc) is 2.09. The van der Waals surface area contributed by atoms with Crippen molar-refractivity contribution in [2.45, 2.75) is 24.7 Å². The molecule has 90 valence electrons. The third-order valence-electron chi connectivity index (χ3n) is 2.05. The first kappa shape index (κ1) is 13.6. The highest BCUT2D eigenvalue weighted by atomic mass is 35.5. The first-order chi connectivity index (χ1) is 7.16. The summed E-state index contributed by atoms with van der Waals surface area (Å²) in [6.07, 6.45) is 0. The Labute approximate surface area is 104 Å². The molecule has 0 unspecified atom stereocenters. The summed E-state index contributed by atoms with van der Waals surface area (Å²) in [6.45, 7) is 3.58. The smallest absolute Gasteiger partial charge is 0.298 e. The summed E-state index contributed by atoms with van der Waals surface area (Å²) >= 11 is 11.6. The summed E-state index contributed by atoms with van der Waals surface area (Å²) < 4.78 is 30.7. The van der Waals surface area contributed by atoms with Crippen LogP contribution in [0.2, 0.25) is 10.0 Å². The second-order valence-electron chi connectivity index (χ2n) is 3.56. The van der Waals surface area contributed by atoms with Gasteiger partial charge in [-0.2, -0.15) is 8.42 Å². The summed E-state index contributed by atoms with van der Waals surface area (Å²) in [6, 6.07) is 0.980. The first-order valence-corrected chi connectivity index (χ1v) is 6.54. The van der Waals surface area contributed by atoms with E-state index in [9.17, 15) is 13.5 Å². The van der Waals surface area contributed by atoms with Crippen LogP contribution in [0.1, 0.15) is 25.3 Å². The molecule has 0 bridgehead atoms. The molecule has 16 heavy (non-hydrogen) atoms. The molecule has 1 aromatic rings. The van der Waals surface area contributed by atoms with Crippen molar-refractivity contribution in [3.8, 4) is 5.75 Å². The fourth-order valence-electron chi connectivity index (χ4n) is 1.33. The summed E-state index contributed by atoms with van der Waals surface area (Å²) in [5.41, 5.74) is 0.438. The van der Waals surface area contributed by atoms with Crippen LogP contribution in [0.25, 0.3) is 0 Å². The van der Waals surface area contributed by atoms with Crippen molar-refractivity contribution in [1.82, 2.24) is 0 Å². The van der Waals surface area contributed by atoms with E-state index in [2.05, 4.69) is 0 Å². The average molecular weight is 285 g/mol. The number of phenolic OH excluding ortho intramolecular Hbond substituents is 1. The SMILES string of the molecule is CC(C)c1c(Cl)cc(S(=O)(=O)O)c(O)c1Cl. The molecule has 0 saturated heterocycles. The van der Waals surface area contributed by atoms with Crippen LogP contribution in [-0.4, -0.2) is 18.1 Å². The molecule has 2 N–H and O–H groups in total. The largest absolute Gasteiger partial charge is 0.505 e. The number of halogens is 2. The molecule has 0 aliphatic heterocycles. The minimum atomic E-state index is -4.54. The van der Waals surface area contributed by atoms with Gasteiger partial charge in [0.25, 0.3) is 10.1 Å². The Morgan fingerprint density at radius 2 is 1.81 bits per heavy atom. The molecular formula is C9H10Cl2O4S. The molecule has 0 aliphatic rings. The van der Waals surface area contributed by atoms with Gasteiger partial charge in [0.15, 0.2) is 5.75 Å². The van der Waals surface area contributed by atoms with Crippen LogP contribution in [0.4, 0.5) is 0 Å². The Morgan fingerprint density at radius 1 is 1.31 bits per heavy atom. The highest BCUT2D eigenvalue weighted by Gasteiger charge is 2.23. The lowest BCUT2D eigenvalue weighted by Gasteiger charge is -2.13. The Kier molecular flexibility index (Phi) is 3.74. The van der Waals surface area contributed by atoms with Crippen molar-refractivity contribution in [3.05, 3.63) is 21.7 Å². The van der Waals surface area contributed by atoms with Crippen molar-refractivity contribution in [2.75, 3.05) is 0 Å². The van der Waals surface area contributed by atoms with Gasteiger partial charge in [-0.15, -0.1) is 0 Å². The Bertz CT molecular complexity index is 523. The molecule has 0 aliphatic carbocycles. The molecule has 1 rings (SSSR count). The van der Waals surface area contributed by atoms with E-state index >= 15 is 0 Å². The van der Waals surface area contributed by atoms with Gasteiger partial charge in [-0.05, 0) is 17.5 Å². The van der Waals surface area contributed by atoms with Crippen molar-refractivity contribution < 1.29 is 18.1 Å². The Balaban J connectivity index is 3.65. The molecule has 7 heteroatoms. The maximum atomic E-state index is 10.9. The van der Waals surface area contributed by atoms with Gasteiger partial charge < -0.3 is 5.11 Å². The fourth-order valence-corrected chi connectivity index (χ4v) is 2.95. The monoisotopic (exact) mass is 284 g/mol. The predicted octanol–water partition coefficient (Wildman–Crippen LogP) is 3.07. The van der Waals surface area contributed by atoms with Gasteiger partial charge in [0.2, 0.25) is 0 Å². The van der Waals surface area contributed by atoms with E-state index < -0.39 is 20.8 Å². The number of benzene rings is 1. The number of hydrogen-bond acceptors (Lipinski definition) is 3. The quantitative estimate of drug-likeness (QED) is 0.819. The molecule has 1 aromatic carbocycles. The van der Waals surface area contributed by atoms with E-state index in [1.54, 1.807) is 13.8 Å². The van der Waals surface area contributed by atoms with Gasteiger partial charge in [-0.25, -0.2) is 0 Å². The molecule has 0 amide bonds. The van der Waals surface area contributed by atoms with Crippen molar-refractivity contribution in [2.24, 2.45) is 0 Å². The highest BCUT2D eigenvalue weighted by molar-refractivity contribution is 7.86. The fraction of sp³-hybridized carbons (Fsp3) is 0.333. The molecule has 0 aromatic heterocycles. The van der Waals surface area contributed by atoms with Gasteiger partial charge in [0.05, 0.1) is 5.02 Å². The van der Waals surface area contributed by atoms with E-state index in [1.165, 1.54) is 0 Å². The molecule has 4 nitrogen and oxygen atoms in total. The summed E-state index contributed by atoms with van der Waals surface area (Å²) in [4.78, 5) is -0.688. The van der Waals surface area contributed by atoms with Crippen LogP contribution in [0.15, 0.2) is 11.0 Å². The molecule has 0 radical (unpaired) electrons. The Hall–Kier alpha value is -0.490. The van der Waals surface area contributed by atoms with Gasteiger partial charge in [-0.3, -0.25) is 4.55 Å². The van der Waals surface area contributed by atoms with E-state index in [0.29, 0.717) is 5.56 Å². The predicted molar refractivity (Wildman–Crippen MR) is 62.0 cm³/mol. The maximum Gasteiger partial charge on any atom is 0.298 e. The van der Waals surface area contributed by atoms with Crippen LogP contribution < -0.4 is 0 Å². The number of hydrogen-bond donors (Lipinski definition) is 2. The van der Waals surface area contributed by atoms with Crippen molar-refractivity contribution in [3.63, 3.8) is 0 Å². The summed E-state index contributed by atoms with van der Waals surface area (Å²) in [7, 11) is -4.54. The topological polar surface area (TPSA) is 74.6 Å². The molecule has 0 saturated carbocycles. The maximum absolute atomic E-state index is 10.9. The van der Waals surface area contributed by atoms with Crippen molar-refractivity contribution >= 4 is 33.3 Å². The lowest BCUT2D eigenvalue weighted by atomic mass is 10.0. The van der Waals surface area contributed by atoms with Gasteiger partial charge in [0, 0.05) is 5.02 Å². The van der Waals surface area contributed by atoms with Crippen LogP contribution in [0.3, 0.4) is 0 Å². The normalized spacial score (nSPS) is 12.1. The van der Waals surface area contributed by atoms with Crippen LogP contribution in [0.5, 0.6) is 5.75 Å². The summed E-state index contributed by atoms with van der Waals surface area (Å²) in [5.74, 6) is -0.765. The summed E-state index contributed by atoms with van der Waals surface area (Å²) in [5, 5.41) is 9.49. The minimum absolute atomic E-state index is 0.0821. The number of aromatic hydroxyl groups is 1. The van der Waals surface area contributed by atoms with Crippen LogP contribution in [0, 0.1) is 0 Å². The van der Waals surface area contributed by atoms with Crippen molar-refractivity contribution in [1.29, 1.82) is 0 Å². The minimum Gasteiger partial charge on any atom is -0.505 e. The number of phenols is 1. The molecule has 0 heterocycles. The second kappa shape index (κ2) is 4.41. The van der Waals surface area contributed by atoms with Crippen LogP contribution >= 0.6 is 23.2 Å². The zero-order valence-electron chi connectivity index (χ0n) is 8.53. The van der Waals surface area contributed by atoms with E-state index in [4.69, 9.17) is 27.8 Å². The lowest BCUT2D eigenvalue weighted by Crippen LogP contribution is -2.01. The zero-order valence-corrected chi connectivity index (χ0v) is 10.9. The van der Waals surface area contributed by atoms with Gasteiger partial charge in [0.1, 0.15) is 4.90 Å². The number of rotatable bonds is 2. The first-order valence-electron chi connectivity index (χ1n) is 4.34. The molecule has 0 spiro atoms. The highest BCUT2D eigenvalue weighted by Crippen LogP contribution is 2.41. The van der Waals surface area contributed by atoms with E-state index in [0.717, 1.165) is 6.07 Å². The molecular weight excluding hydrogens is 275 g/mol. The third kappa shape index (κ3) is 2.43. The molecule has 0 atom stereocenters. The van der Waals surface area contributed by atoms with Crippen LogP contribution in [-0.2, 0) is 10.1 Å². The van der Waals surface area contributed by atoms with Gasteiger partial charge >= 0.3 is 0 Å². The third-order valence-corrected chi connectivity index (χ3v) is 3.61. The van der Waals surface area contributed by atoms with E-state index in [1.807, 2.05) is 0 Å². The Morgan fingerprint density at radius 3 is 2.19 bits per heavy atom.